The van der Waals surface area contributed by atoms with Gasteiger partial charge in [0.2, 0.25) is 5.91 Å². The monoisotopic (exact) mass is 372 g/mol. The molecule has 146 valence electrons. The van der Waals surface area contributed by atoms with Crippen LogP contribution in [0.4, 0.5) is 5.69 Å². The van der Waals surface area contributed by atoms with Gasteiger partial charge in [-0.3, -0.25) is 14.3 Å². The van der Waals surface area contributed by atoms with Crippen molar-refractivity contribution < 1.29 is 4.79 Å². The SMILES string of the molecule is CCc1c(C)nn(CC(=O)NC[C@H]2CCN(c3cnn(C)c(=O)c3)C2)c1C. The zero-order valence-electron chi connectivity index (χ0n) is 16.5. The molecule has 8 heteroatoms. The highest BCUT2D eigenvalue weighted by atomic mass is 16.2. The highest BCUT2D eigenvalue weighted by Gasteiger charge is 2.24. The van der Waals surface area contributed by atoms with E-state index in [2.05, 4.69) is 27.3 Å². The molecular weight excluding hydrogens is 344 g/mol. The van der Waals surface area contributed by atoms with Gasteiger partial charge in [0, 0.05) is 38.4 Å². The molecule has 1 N–H and O–H groups in total. The fourth-order valence-electron chi connectivity index (χ4n) is 3.72. The van der Waals surface area contributed by atoms with Crippen LogP contribution in [0, 0.1) is 19.8 Å². The lowest BCUT2D eigenvalue weighted by atomic mass is 10.1. The minimum absolute atomic E-state index is 0.0167. The van der Waals surface area contributed by atoms with Crippen molar-refractivity contribution in [1.29, 1.82) is 0 Å². The summed E-state index contributed by atoms with van der Waals surface area (Å²) >= 11 is 0. The number of nitrogens with one attached hydrogen (secondary N) is 1. The molecule has 1 saturated heterocycles. The molecule has 0 bridgehead atoms. The van der Waals surface area contributed by atoms with Gasteiger partial charge in [0.05, 0.1) is 17.6 Å². The maximum absolute atomic E-state index is 12.3. The van der Waals surface area contributed by atoms with E-state index < -0.39 is 0 Å². The van der Waals surface area contributed by atoms with Gasteiger partial charge < -0.3 is 10.2 Å². The van der Waals surface area contributed by atoms with Gasteiger partial charge >= 0.3 is 0 Å². The van der Waals surface area contributed by atoms with Crippen molar-refractivity contribution in [2.75, 3.05) is 24.5 Å². The molecule has 3 rings (SSSR count). The van der Waals surface area contributed by atoms with Crippen LogP contribution >= 0.6 is 0 Å². The zero-order chi connectivity index (χ0) is 19.6. The summed E-state index contributed by atoms with van der Waals surface area (Å²) in [5.74, 6) is 0.349. The van der Waals surface area contributed by atoms with Crippen molar-refractivity contribution in [2.45, 2.75) is 40.2 Å². The first-order valence-corrected chi connectivity index (χ1v) is 9.47. The number of carbonyl (C=O) groups excluding carboxylic acids is 1. The first-order valence-electron chi connectivity index (χ1n) is 9.47. The van der Waals surface area contributed by atoms with Crippen LogP contribution in [-0.2, 0) is 24.8 Å². The summed E-state index contributed by atoms with van der Waals surface area (Å²) in [5.41, 5.74) is 4.02. The molecule has 27 heavy (non-hydrogen) atoms. The Morgan fingerprint density at radius 1 is 1.37 bits per heavy atom. The number of hydrogen-bond acceptors (Lipinski definition) is 5. The molecule has 1 aliphatic heterocycles. The van der Waals surface area contributed by atoms with E-state index in [4.69, 9.17) is 0 Å². The van der Waals surface area contributed by atoms with Gasteiger partial charge in [-0.25, -0.2) is 4.68 Å². The smallest absolute Gasteiger partial charge is 0.268 e. The number of aromatic nitrogens is 4. The molecule has 1 aliphatic rings. The van der Waals surface area contributed by atoms with Crippen molar-refractivity contribution >= 4 is 11.6 Å². The van der Waals surface area contributed by atoms with E-state index in [1.54, 1.807) is 24.0 Å². The Balaban J connectivity index is 1.51. The summed E-state index contributed by atoms with van der Waals surface area (Å²) < 4.78 is 3.11. The number of rotatable bonds is 6. The number of amides is 1. The van der Waals surface area contributed by atoms with Crippen LogP contribution in [0.5, 0.6) is 0 Å². The number of nitrogens with zero attached hydrogens (tertiary/aromatic N) is 5. The second-order valence-corrected chi connectivity index (χ2v) is 7.24. The third-order valence-electron chi connectivity index (χ3n) is 5.37. The van der Waals surface area contributed by atoms with E-state index in [-0.39, 0.29) is 18.0 Å². The van der Waals surface area contributed by atoms with Gasteiger partial charge in [-0.05, 0) is 38.2 Å². The van der Waals surface area contributed by atoms with Crippen molar-refractivity contribution in [3.63, 3.8) is 0 Å². The van der Waals surface area contributed by atoms with Crippen molar-refractivity contribution in [3.05, 3.63) is 39.6 Å². The Kier molecular flexibility index (Phi) is 5.62. The Labute approximate surface area is 159 Å². The molecule has 0 aromatic carbocycles. The molecule has 3 heterocycles. The third-order valence-corrected chi connectivity index (χ3v) is 5.37. The Morgan fingerprint density at radius 2 is 2.15 bits per heavy atom. The number of carbonyl (C=O) groups is 1. The summed E-state index contributed by atoms with van der Waals surface area (Å²) in [4.78, 5) is 26.2. The van der Waals surface area contributed by atoms with Crippen LogP contribution in [0.1, 0.15) is 30.3 Å². The topological polar surface area (TPSA) is 85.1 Å². The maximum Gasteiger partial charge on any atom is 0.268 e. The van der Waals surface area contributed by atoms with Crippen molar-refractivity contribution in [3.8, 4) is 0 Å². The number of aryl methyl sites for hydroxylation is 2. The molecule has 0 saturated carbocycles. The van der Waals surface area contributed by atoms with Gasteiger partial charge in [-0.2, -0.15) is 10.2 Å². The second-order valence-electron chi connectivity index (χ2n) is 7.24. The van der Waals surface area contributed by atoms with Gasteiger partial charge in [0.1, 0.15) is 6.54 Å². The minimum Gasteiger partial charge on any atom is -0.370 e. The summed E-state index contributed by atoms with van der Waals surface area (Å²) in [6.45, 7) is 8.67. The van der Waals surface area contributed by atoms with E-state index >= 15 is 0 Å². The lowest BCUT2D eigenvalue weighted by molar-refractivity contribution is -0.122. The van der Waals surface area contributed by atoms with Gasteiger partial charge in [-0.1, -0.05) is 6.92 Å². The van der Waals surface area contributed by atoms with E-state index in [0.29, 0.717) is 12.5 Å². The zero-order valence-corrected chi connectivity index (χ0v) is 16.5. The summed E-state index contributed by atoms with van der Waals surface area (Å²) in [7, 11) is 1.64. The van der Waals surface area contributed by atoms with Crippen LogP contribution in [0.25, 0.3) is 0 Å². The van der Waals surface area contributed by atoms with Gasteiger partial charge in [-0.15, -0.1) is 0 Å². The molecule has 0 unspecified atom stereocenters. The van der Waals surface area contributed by atoms with Crippen LogP contribution in [-0.4, -0.2) is 45.1 Å². The predicted molar refractivity (Wildman–Crippen MR) is 104 cm³/mol. The molecule has 1 amide bonds. The molecule has 8 nitrogen and oxygen atoms in total. The lowest BCUT2D eigenvalue weighted by Gasteiger charge is -2.18. The fraction of sp³-hybridized carbons (Fsp3) is 0.579. The van der Waals surface area contributed by atoms with Crippen molar-refractivity contribution in [1.82, 2.24) is 24.9 Å². The van der Waals surface area contributed by atoms with E-state index in [9.17, 15) is 9.59 Å². The average Bonchev–Trinajstić information content (AvgIpc) is 3.20. The molecule has 0 radical (unpaired) electrons. The molecule has 0 aliphatic carbocycles. The highest BCUT2D eigenvalue weighted by Crippen LogP contribution is 2.21. The normalized spacial score (nSPS) is 16.7. The van der Waals surface area contributed by atoms with Crippen LogP contribution in [0.2, 0.25) is 0 Å². The minimum atomic E-state index is -0.111. The Bertz CT molecular complexity index is 885. The van der Waals surface area contributed by atoms with Crippen LogP contribution in [0.3, 0.4) is 0 Å². The van der Waals surface area contributed by atoms with Gasteiger partial charge in [0.25, 0.3) is 5.56 Å². The van der Waals surface area contributed by atoms with Gasteiger partial charge in [0.15, 0.2) is 0 Å². The lowest BCUT2D eigenvalue weighted by Crippen LogP contribution is -2.34. The highest BCUT2D eigenvalue weighted by molar-refractivity contribution is 5.75. The predicted octanol–water partition coefficient (Wildman–Crippen LogP) is 0.799. The van der Waals surface area contributed by atoms with E-state index in [0.717, 1.165) is 43.0 Å². The maximum atomic E-state index is 12.3. The molecule has 2 aromatic heterocycles. The summed E-state index contributed by atoms with van der Waals surface area (Å²) in [6, 6.07) is 1.61. The molecular formula is C19H28N6O2. The summed E-state index contributed by atoms with van der Waals surface area (Å²) in [6.07, 6.45) is 3.63. The van der Waals surface area contributed by atoms with Crippen LogP contribution < -0.4 is 15.8 Å². The molecule has 2 aromatic rings. The Hall–Kier alpha value is -2.64. The molecule has 0 spiro atoms. The first kappa shape index (κ1) is 19.1. The molecule has 1 fully saturated rings. The number of hydrogen-bond donors (Lipinski definition) is 1. The fourth-order valence-corrected chi connectivity index (χ4v) is 3.72. The standard InChI is InChI=1S/C19H28N6O2/c1-5-17-13(2)22-25(14(17)3)12-18(26)20-9-15-6-7-24(11-15)16-8-19(27)23(4)21-10-16/h8,10,15H,5-7,9,11-12H2,1-4H3,(H,20,26)/t15-/m1/s1. The van der Waals surface area contributed by atoms with Crippen LogP contribution in [0.15, 0.2) is 17.1 Å². The largest absolute Gasteiger partial charge is 0.370 e. The third kappa shape index (κ3) is 4.20. The summed E-state index contributed by atoms with van der Waals surface area (Å²) in [5, 5.41) is 11.6. The Morgan fingerprint density at radius 3 is 2.81 bits per heavy atom. The molecule has 1 atom stereocenters. The average molecular weight is 372 g/mol. The quantitative estimate of drug-likeness (QED) is 0.811. The van der Waals surface area contributed by atoms with E-state index in [1.165, 1.54) is 10.2 Å². The van der Waals surface area contributed by atoms with Crippen molar-refractivity contribution in [2.24, 2.45) is 13.0 Å². The first-order chi connectivity index (χ1) is 12.9. The second kappa shape index (κ2) is 7.94. The number of anilines is 1. The van der Waals surface area contributed by atoms with E-state index in [1.807, 2.05) is 13.8 Å².